The van der Waals surface area contributed by atoms with Gasteiger partial charge in [-0.15, -0.1) is 0 Å². The smallest absolute Gasteiger partial charge is 0.146 e. The summed E-state index contributed by atoms with van der Waals surface area (Å²) in [5, 5.41) is 0. The zero-order valence-electron chi connectivity index (χ0n) is 25.6. The predicted molar refractivity (Wildman–Crippen MR) is 165 cm³/mol. The molecule has 2 aromatic rings. The molecular formula is C36H56N2O. The number of aryl methyl sites for hydroxylation is 2. The van der Waals surface area contributed by atoms with Gasteiger partial charge in [-0.2, -0.15) is 0 Å². The second kappa shape index (κ2) is 15.8. The quantitative estimate of drug-likeness (QED) is 0.243. The molecule has 0 radical (unpaired) electrons. The van der Waals surface area contributed by atoms with Crippen molar-refractivity contribution in [2.45, 2.75) is 143 Å². The highest BCUT2D eigenvalue weighted by atomic mass is 16.5. The Hall–Kier alpha value is -1.90. The van der Waals surface area contributed by atoms with Crippen molar-refractivity contribution in [3.8, 4) is 11.5 Å². The third-order valence-electron chi connectivity index (χ3n) is 9.86. The summed E-state index contributed by atoms with van der Waals surface area (Å²) in [6.07, 6.45) is 27.6. The first-order valence-corrected chi connectivity index (χ1v) is 16.7. The van der Waals surface area contributed by atoms with Gasteiger partial charge in [-0.25, -0.2) is 0 Å². The van der Waals surface area contributed by atoms with Gasteiger partial charge >= 0.3 is 0 Å². The van der Waals surface area contributed by atoms with Crippen LogP contribution in [-0.2, 0) is 25.7 Å². The number of nitrogens with zero attached hydrogens (tertiary/aromatic N) is 2. The summed E-state index contributed by atoms with van der Waals surface area (Å²) in [6, 6.07) is 4.56. The topological polar surface area (TPSA) is 35.0 Å². The average molecular weight is 533 g/mol. The Balaban J connectivity index is 1.38. The Morgan fingerprint density at radius 2 is 0.974 bits per heavy atom. The van der Waals surface area contributed by atoms with E-state index in [0.29, 0.717) is 0 Å². The minimum Gasteiger partial charge on any atom is -0.454 e. The fourth-order valence-electron chi connectivity index (χ4n) is 7.33. The first-order chi connectivity index (χ1) is 19.1. The van der Waals surface area contributed by atoms with Gasteiger partial charge in [0.25, 0.3) is 0 Å². The van der Waals surface area contributed by atoms with Crippen LogP contribution in [-0.4, -0.2) is 9.97 Å². The Morgan fingerprint density at radius 3 is 1.33 bits per heavy atom. The van der Waals surface area contributed by atoms with Gasteiger partial charge in [-0.1, -0.05) is 91.9 Å². The lowest BCUT2D eigenvalue weighted by Crippen LogP contribution is -2.17. The van der Waals surface area contributed by atoms with E-state index in [1.807, 2.05) is 12.4 Å². The Kier molecular flexibility index (Phi) is 12.2. The van der Waals surface area contributed by atoms with Gasteiger partial charge in [-0.3, -0.25) is 9.97 Å². The normalized spacial score (nSPS) is 23.6. The van der Waals surface area contributed by atoms with E-state index in [-0.39, 0.29) is 0 Å². The SMILES string of the molecule is CCCCC1CCC(Cc2cc(Oc3cnc(CC)c(CC4CCC(CCCC)CC4)c3)cnc2CC)CC1. The molecule has 4 rings (SSSR count). The van der Waals surface area contributed by atoms with E-state index in [0.717, 1.165) is 60.9 Å². The van der Waals surface area contributed by atoms with E-state index in [2.05, 4.69) is 39.8 Å². The van der Waals surface area contributed by atoms with Crippen LogP contribution >= 0.6 is 0 Å². The Bertz CT molecular complexity index is 906. The molecular weight excluding hydrogens is 476 g/mol. The molecule has 2 heterocycles. The maximum absolute atomic E-state index is 6.43. The number of aromatic nitrogens is 2. The molecule has 2 aliphatic carbocycles. The summed E-state index contributed by atoms with van der Waals surface area (Å²) in [4.78, 5) is 9.69. The van der Waals surface area contributed by atoms with E-state index < -0.39 is 0 Å². The first-order valence-electron chi connectivity index (χ1n) is 16.7. The molecule has 3 nitrogen and oxygen atoms in total. The summed E-state index contributed by atoms with van der Waals surface area (Å²) >= 11 is 0. The van der Waals surface area contributed by atoms with Crippen molar-refractivity contribution in [3.05, 3.63) is 47.0 Å². The molecule has 0 saturated heterocycles. The second-order valence-electron chi connectivity index (χ2n) is 12.8. The maximum atomic E-state index is 6.43. The zero-order valence-corrected chi connectivity index (χ0v) is 25.6. The summed E-state index contributed by atoms with van der Waals surface area (Å²) in [5.41, 5.74) is 5.27. The number of rotatable bonds is 14. The van der Waals surface area contributed by atoms with Gasteiger partial charge in [0.2, 0.25) is 0 Å². The molecule has 0 unspecified atom stereocenters. The summed E-state index contributed by atoms with van der Waals surface area (Å²) in [5.74, 6) is 5.24. The molecule has 2 fully saturated rings. The minimum atomic E-state index is 0.791. The van der Waals surface area contributed by atoms with Crippen LogP contribution in [0.3, 0.4) is 0 Å². The molecule has 2 aliphatic rings. The first kappa shape index (κ1) is 30.1. The molecule has 2 saturated carbocycles. The second-order valence-corrected chi connectivity index (χ2v) is 12.8. The van der Waals surface area contributed by atoms with Crippen LogP contribution < -0.4 is 4.74 Å². The molecule has 39 heavy (non-hydrogen) atoms. The average Bonchev–Trinajstić information content (AvgIpc) is 2.97. The van der Waals surface area contributed by atoms with Crippen LogP contribution in [0, 0.1) is 23.7 Å². The molecule has 0 atom stereocenters. The summed E-state index contributed by atoms with van der Waals surface area (Å²) in [6.45, 7) is 9.08. The van der Waals surface area contributed by atoms with Crippen LogP contribution in [0.15, 0.2) is 24.5 Å². The zero-order chi connectivity index (χ0) is 27.5. The van der Waals surface area contributed by atoms with Crippen LogP contribution in [0.2, 0.25) is 0 Å². The number of hydrogen-bond acceptors (Lipinski definition) is 3. The van der Waals surface area contributed by atoms with Crippen molar-refractivity contribution in [2.24, 2.45) is 23.7 Å². The third kappa shape index (κ3) is 9.05. The predicted octanol–water partition coefficient (Wildman–Crippen LogP) is 10.5. The van der Waals surface area contributed by atoms with E-state index in [9.17, 15) is 0 Å². The van der Waals surface area contributed by atoms with Crippen molar-refractivity contribution in [1.29, 1.82) is 0 Å². The number of ether oxygens (including phenoxy) is 1. The van der Waals surface area contributed by atoms with Crippen molar-refractivity contribution in [1.82, 2.24) is 9.97 Å². The lowest BCUT2D eigenvalue weighted by Gasteiger charge is -2.29. The Labute approximate surface area is 240 Å². The molecule has 0 spiro atoms. The van der Waals surface area contributed by atoms with Gasteiger partial charge in [0.05, 0.1) is 12.4 Å². The van der Waals surface area contributed by atoms with E-state index in [4.69, 9.17) is 14.7 Å². The number of hydrogen-bond donors (Lipinski definition) is 0. The highest BCUT2D eigenvalue weighted by Gasteiger charge is 2.24. The van der Waals surface area contributed by atoms with Gasteiger partial charge in [-0.05, 0) is 98.3 Å². The standard InChI is InChI=1S/C36H56N2O/c1-5-9-11-27-13-17-29(18-14-27)21-31-23-33(25-37-35(31)7-3)39-34-24-32(36(8-4)38-26-34)22-30-19-15-28(16-20-30)12-10-6-2/h23-30H,5-22H2,1-4H3. The fourth-order valence-corrected chi connectivity index (χ4v) is 7.33. The molecule has 0 aliphatic heterocycles. The largest absolute Gasteiger partial charge is 0.454 e. The number of unbranched alkanes of at least 4 members (excludes halogenated alkanes) is 2. The molecule has 0 aromatic carbocycles. The van der Waals surface area contributed by atoms with E-state index in [1.165, 1.54) is 112 Å². The van der Waals surface area contributed by atoms with Crippen LogP contribution in [0.1, 0.15) is 140 Å². The van der Waals surface area contributed by atoms with Crippen molar-refractivity contribution in [3.63, 3.8) is 0 Å². The highest BCUT2D eigenvalue weighted by molar-refractivity contribution is 5.36. The van der Waals surface area contributed by atoms with E-state index >= 15 is 0 Å². The van der Waals surface area contributed by atoms with Crippen LogP contribution in [0.5, 0.6) is 11.5 Å². The third-order valence-corrected chi connectivity index (χ3v) is 9.86. The lowest BCUT2D eigenvalue weighted by atomic mass is 9.77. The Morgan fingerprint density at radius 1 is 0.590 bits per heavy atom. The van der Waals surface area contributed by atoms with Crippen LogP contribution in [0.4, 0.5) is 0 Å². The molecule has 0 amide bonds. The van der Waals surface area contributed by atoms with Gasteiger partial charge in [0.15, 0.2) is 0 Å². The van der Waals surface area contributed by atoms with E-state index in [1.54, 1.807) is 0 Å². The molecule has 2 aromatic heterocycles. The lowest BCUT2D eigenvalue weighted by molar-refractivity contribution is 0.258. The van der Waals surface area contributed by atoms with Gasteiger partial charge in [0.1, 0.15) is 11.5 Å². The fraction of sp³-hybridized carbons (Fsp3) is 0.722. The van der Waals surface area contributed by atoms with Crippen molar-refractivity contribution in [2.75, 3.05) is 0 Å². The van der Waals surface area contributed by atoms with Gasteiger partial charge in [0, 0.05) is 11.4 Å². The van der Waals surface area contributed by atoms with Gasteiger partial charge < -0.3 is 4.74 Å². The number of pyridine rings is 2. The highest BCUT2D eigenvalue weighted by Crippen LogP contribution is 2.36. The molecule has 0 bridgehead atoms. The molecule has 3 heteroatoms. The van der Waals surface area contributed by atoms with Crippen LogP contribution in [0.25, 0.3) is 0 Å². The van der Waals surface area contributed by atoms with Crippen molar-refractivity contribution < 1.29 is 4.74 Å². The summed E-state index contributed by atoms with van der Waals surface area (Å²) < 4.78 is 6.43. The summed E-state index contributed by atoms with van der Waals surface area (Å²) in [7, 11) is 0. The molecule has 216 valence electrons. The minimum absolute atomic E-state index is 0.791. The maximum Gasteiger partial charge on any atom is 0.146 e. The monoisotopic (exact) mass is 532 g/mol. The van der Waals surface area contributed by atoms with Crippen molar-refractivity contribution >= 4 is 0 Å². The molecule has 0 N–H and O–H groups in total.